The molecule has 0 spiro atoms. The van der Waals surface area contributed by atoms with Crippen molar-refractivity contribution in [1.82, 2.24) is 9.55 Å². The SMILES string of the molecule is Cc1cn(Cc2ccccc2Br)c(NC(C)C)n1. The van der Waals surface area contributed by atoms with Gasteiger partial charge in [0, 0.05) is 16.7 Å². The Morgan fingerprint density at radius 1 is 1.33 bits per heavy atom. The molecule has 0 aliphatic rings. The minimum atomic E-state index is 0.379. The molecule has 0 amide bonds. The zero-order valence-electron chi connectivity index (χ0n) is 10.9. The van der Waals surface area contributed by atoms with E-state index in [1.165, 1.54) is 5.56 Å². The van der Waals surface area contributed by atoms with Gasteiger partial charge >= 0.3 is 0 Å². The van der Waals surface area contributed by atoms with Gasteiger partial charge in [-0.1, -0.05) is 34.1 Å². The van der Waals surface area contributed by atoms with Gasteiger partial charge in [-0.3, -0.25) is 0 Å². The van der Waals surface area contributed by atoms with Crippen LogP contribution < -0.4 is 5.32 Å². The van der Waals surface area contributed by atoms with E-state index in [1.807, 2.05) is 13.0 Å². The first kappa shape index (κ1) is 13.1. The zero-order chi connectivity index (χ0) is 13.1. The Morgan fingerprint density at radius 2 is 2.06 bits per heavy atom. The lowest BCUT2D eigenvalue weighted by Crippen LogP contribution is -2.15. The summed E-state index contributed by atoms with van der Waals surface area (Å²) in [5.74, 6) is 0.929. The number of hydrogen-bond acceptors (Lipinski definition) is 2. The molecule has 0 radical (unpaired) electrons. The fourth-order valence-corrected chi connectivity index (χ4v) is 2.26. The van der Waals surface area contributed by atoms with Crippen molar-refractivity contribution in [2.45, 2.75) is 33.4 Å². The summed E-state index contributed by atoms with van der Waals surface area (Å²) in [6.07, 6.45) is 2.07. The van der Waals surface area contributed by atoms with Crippen LogP contribution >= 0.6 is 15.9 Å². The molecule has 2 aromatic rings. The quantitative estimate of drug-likeness (QED) is 0.930. The van der Waals surface area contributed by atoms with Gasteiger partial charge in [0.05, 0.1) is 12.2 Å². The van der Waals surface area contributed by atoms with Gasteiger partial charge in [0.25, 0.3) is 0 Å². The molecule has 0 saturated carbocycles. The van der Waals surface area contributed by atoms with Crippen LogP contribution in [0.25, 0.3) is 0 Å². The molecule has 0 unspecified atom stereocenters. The maximum absolute atomic E-state index is 4.51. The van der Waals surface area contributed by atoms with E-state index in [9.17, 15) is 0 Å². The largest absolute Gasteiger partial charge is 0.353 e. The van der Waals surface area contributed by atoms with E-state index in [0.717, 1.165) is 22.7 Å². The number of halogens is 1. The third-order valence-electron chi connectivity index (χ3n) is 2.61. The number of imidazole rings is 1. The molecular weight excluding hydrogens is 290 g/mol. The summed E-state index contributed by atoms with van der Waals surface area (Å²) in [5, 5.41) is 3.37. The second-order valence-electron chi connectivity index (χ2n) is 4.72. The number of benzene rings is 1. The van der Waals surface area contributed by atoms with E-state index >= 15 is 0 Å². The summed E-state index contributed by atoms with van der Waals surface area (Å²) in [4.78, 5) is 4.51. The predicted octanol–water partition coefficient (Wildman–Crippen LogP) is 3.82. The lowest BCUT2D eigenvalue weighted by Gasteiger charge is -2.12. The van der Waals surface area contributed by atoms with Gasteiger partial charge in [-0.2, -0.15) is 0 Å². The lowest BCUT2D eigenvalue weighted by atomic mass is 10.2. The summed E-state index contributed by atoms with van der Waals surface area (Å²) in [6, 6.07) is 8.65. The molecule has 3 nitrogen and oxygen atoms in total. The molecule has 96 valence electrons. The van der Waals surface area contributed by atoms with E-state index < -0.39 is 0 Å². The van der Waals surface area contributed by atoms with Crippen LogP contribution in [0.1, 0.15) is 25.1 Å². The lowest BCUT2D eigenvalue weighted by molar-refractivity contribution is 0.771. The zero-order valence-corrected chi connectivity index (χ0v) is 12.5. The summed E-state index contributed by atoms with van der Waals surface area (Å²) in [7, 11) is 0. The van der Waals surface area contributed by atoms with Gasteiger partial charge in [-0.05, 0) is 32.4 Å². The molecule has 1 heterocycles. The van der Waals surface area contributed by atoms with E-state index in [4.69, 9.17) is 0 Å². The van der Waals surface area contributed by atoms with Crippen molar-refractivity contribution < 1.29 is 0 Å². The molecular formula is C14H18BrN3. The van der Waals surface area contributed by atoms with Crippen LogP contribution in [0.2, 0.25) is 0 Å². The summed E-state index contributed by atoms with van der Waals surface area (Å²) in [6.45, 7) is 7.07. The molecule has 4 heteroatoms. The number of rotatable bonds is 4. The average Bonchev–Trinajstić information content (AvgIpc) is 2.61. The molecule has 0 fully saturated rings. The van der Waals surface area contributed by atoms with E-state index in [2.05, 4.69) is 69.0 Å². The van der Waals surface area contributed by atoms with E-state index in [1.54, 1.807) is 0 Å². The first-order valence-corrected chi connectivity index (χ1v) is 6.89. The number of aryl methyl sites for hydroxylation is 1. The highest BCUT2D eigenvalue weighted by Gasteiger charge is 2.08. The Kier molecular flexibility index (Phi) is 4.07. The Hall–Kier alpha value is -1.29. The maximum Gasteiger partial charge on any atom is 0.203 e. The predicted molar refractivity (Wildman–Crippen MR) is 79.0 cm³/mol. The van der Waals surface area contributed by atoms with Crippen LogP contribution in [0.5, 0.6) is 0 Å². The molecule has 2 rings (SSSR count). The van der Waals surface area contributed by atoms with Crippen LogP contribution in [0, 0.1) is 6.92 Å². The first-order valence-electron chi connectivity index (χ1n) is 6.10. The van der Waals surface area contributed by atoms with Gasteiger partial charge in [0.15, 0.2) is 0 Å². The molecule has 0 bridgehead atoms. The third-order valence-corrected chi connectivity index (χ3v) is 3.39. The molecule has 0 aliphatic carbocycles. The van der Waals surface area contributed by atoms with Gasteiger partial charge < -0.3 is 9.88 Å². The molecule has 0 saturated heterocycles. The number of aromatic nitrogens is 2. The van der Waals surface area contributed by atoms with Gasteiger partial charge in [-0.15, -0.1) is 0 Å². The Balaban J connectivity index is 2.26. The van der Waals surface area contributed by atoms with Crippen molar-refractivity contribution in [3.05, 3.63) is 46.2 Å². The highest BCUT2D eigenvalue weighted by atomic mass is 79.9. The van der Waals surface area contributed by atoms with Crippen LogP contribution in [-0.2, 0) is 6.54 Å². The topological polar surface area (TPSA) is 29.9 Å². The van der Waals surface area contributed by atoms with Crippen molar-refractivity contribution in [2.24, 2.45) is 0 Å². The maximum atomic E-state index is 4.51. The molecule has 18 heavy (non-hydrogen) atoms. The van der Waals surface area contributed by atoms with Crippen LogP contribution in [0.4, 0.5) is 5.95 Å². The number of anilines is 1. The fourth-order valence-electron chi connectivity index (χ4n) is 1.85. The van der Waals surface area contributed by atoms with E-state index in [-0.39, 0.29) is 0 Å². The van der Waals surface area contributed by atoms with Crippen molar-refractivity contribution in [1.29, 1.82) is 0 Å². The smallest absolute Gasteiger partial charge is 0.203 e. The van der Waals surface area contributed by atoms with Crippen molar-refractivity contribution in [3.63, 3.8) is 0 Å². The van der Waals surface area contributed by atoms with E-state index in [0.29, 0.717) is 6.04 Å². The number of nitrogens with zero attached hydrogens (tertiary/aromatic N) is 2. The first-order chi connectivity index (χ1) is 8.56. The minimum Gasteiger partial charge on any atom is -0.353 e. The van der Waals surface area contributed by atoms with Crippen molar-refractivity contribution in [3.8, 4) is 0 Å². The van der Waals surface area contributed by atoms with Gasteiger partial charge in [-0.25, -0.2) is 4.98 Å². The van der Waals surface area contributed by atoms with Gasteiger partial charge in [0.2, 0.25) is 5.95 Å². The Labute approximate surface area is 116 Å². The van der Waals surface area contributed by atoms with Crippen LogP contribution in [0.3, 0.4) is 0 Å². The Bertz CT molecular complexity index is 532. The highest BCUT2D eigenvalue weighted by Crippen LogP contribution is 2.19. The summed E-state index contributed by atoms with van der Waals surface area (Å²) >= 11 is 3.58. The monoisotopic (exact) mass is 307 g/mol. The normalized spacial score (nSPS) is 10.9. The van der Waals surface area contributed by atoms with Gasteiger partial charge in [0.1, 0.15) is 0 Å². The molecule has 0 aliphatic heterocycles. The fraction of sp³-hybridized carbons (Fsp3) is 0.357. The average molecular weight is 308 g/mol. The summed E-state index contributed by atoms with van der Waals surface area (Å²) < 4.78 is 3.28. The number of hydrogen-bond donors (Lipinski definition) is 1. The molecule has 0 atom stereocenters. The second-order valence-corrected chi connectivity index (χ2v) is 5.58. The van der Waals surface area contributed by atoms with Crippen molar-refractivity contribution in [2.75, 3.05) is 5.32 Å². The summed E-state index contributed by atoms with van der Waals surface area (Å²) in [5.41, 5.74) is 2.28. The van der Waals surface area contributed by atoms with Crippen LogP contribution in [-0.4, -0.2) is 15.6 Å². The highest BCUT2D eigenvalue weighted by molar-refractivity contribution is 9.10. The third kappa shape index (κ3) is 3.13. The molecule has 1 aromatic carbocycles. The van der Waals surface area contributed by atoms with Crippen molar-refractivity contribution >= 4 is 21.9 Å². The Morgan fingerprint density at radius 3 is 2.72 bits per heavy atom. The second kappa shape index (κ2) is 5.57. The molecule has 1 aromatic heterocycles. The number of nitrogens with one attached hydrogen (secondary N) is 1. The minimum absolute atomic E-state index is 0.379. The molecule has 1 N–H and O–H groups in total. The van der Waals surface area contributed by atoms with Crippen LogP contribution in [0.15, 0.2) is 34.9 Å². The standard InChI is InChI=1S/C14H18BrN3/c1-10(2)16-14-17-11(3)8-18(14)9-12-6-4-5-7-13(12)15/h4-8,10H,9H2,1-3H3,(H,16,17).